The number of fused-ring (bicyclic) bond motifs is 1. The lowest BCUT2D eigenvalue weighted by atomic mass is 10.1. The molecule has 9 heteroatoms. The molecule has 0 N–H and O–H groups in total. The first-order valence-corrected chi connectivity index (χ1v) is 10.4. The van der Waals surface area contributed by atoms with Crippen molar-refractivity contribution >= 4 is 24.0 Å². The van der Waals surface area contributed by atoms with E-state index in [0.717, 1.165) is 57.1 Å². The van der Waals surface area contributed by atoms with E-state index < -0.39 is 12.2 Å². The molecule has 0 radical (unpaired) electrons. The van der Waals surface area contributed by atoms with E-state index in [0.29, 0.717) is 0 Å². The normalized spacial score (nSPS) is 24.6. The van der Waals surface area contributed by atoms with E-state index in [1.807, 2.05) is 23.1 Å². The molecule has 3 amide bonds. The predicted octanol–water partition coefficient (Wildman–Crippen LogP) is 0.770. The summed E-state index contributed by atoms with van der Waals surface area (Å²) in [6, 6.07) is 7.45. The summed E-state index contributed by atoms with van der Waals surface area (Å²) in [5.74, 6) is 0.741. The number of rotatable bonds is 6. The van der Waals surface area contributed by atoms with E-state index in [9.17, 15) is 9.59 Å². The number of nitrogens with zero attached hydrogens (tertiary/aromatic N) is 6. The van der Waals surface area contributed by atoms with E-state index in [4.69, 9.17) is 4.74 Å². The summed E-state index contributed by atoms with van der Waals surface area (Å²) in [6.07, 6.45) is 2.26. The SMILES string of the molecule is COc1ccccc1N1CCN(CCCN2C=NC3C2C(=O)N(C)C(=O)N3C)CC1. The van der Waals surface area contributed by atoms with Crippen LogP contribution in [0.5, 0.6) is 5.75 Å². The minimum absolute atomic E-state index is 0.175. The Hall–Kier alpha value is -2.81. The Bertz CT molecular complexity index is 823. The van der Waals surface area contributed by atoms with Gasteiger partial charge in [0.25, 0.3) is 5.91 Å². The van der Waals surface area contributed by atoms with Crippen LogP contribution in [-0.2, 0) is 4.79 Å². The number of carbonyl (C=O) groups is 2. The molecular formula is C21H30N6O3. The number of para-hydroxylation sites is 2. The van der Waals surface area contributed by atoms with E-state index in [1.54, 1.807) is 25.4 Å². The first-order valence-electron chi connectivity index (χ1n) is 10.4. The highest BCUT2D eigenvalue weighted by Crippen LogP contribution is 2.28. The fraction of sp³-hybridized carbons (Fsp3) is 0.571. The Balaban J connectivity index is 1.26. The molecule has 0 saturated carbocycles. The lowest BCUT2D eigenvalue weighted by molar-refractivity contribution is -0.136. The molecule has 3 aliphatic heterocycles. The van der Waals surface area contributed by atoms with Gasteiger partial charge in [-0.1, -0.05) is 12.1 Å². The minimum atomic E-state index is -0.411. The number of methoxy groups -OCH3 is 1. The number of amides is 3. The van der Waals surface area contributed by atoms with Crippen LogP contribution in [0.2, 0.25) is 0 Å². The Morgan fingerprint density at radius 3 is 2.53 bits per heavy atom. The summed E-state index contributed by atoms with van der Waals surface area (Å²) in [5, 5.41) is 0. The summed E-state index contributed by atoms with van der Waals surface area (Å²) < 4.78 is 5.49. The van der Waals surface area contributed by atoms with Crippen molar-refractivity contribution in [3.8, 4) is 5.75 Å². The van der Waals surface area contributed by atoms with Crippen LogP contribution in [0, 0.1) is 0 Å². The largest absolute Gasteiger partial charge is 0.495 e. The fourth-order valence-electron chi connectivity index (χ4n) is 4.48. The molecule has 3 aliphatic rings. The van der Waals surface area contributed by atoms with Crippen LogP contribution in [0.25, 0.3) is 0 Å². The second-order valence-electron chi connectivity index (χ2n) is 8.01. The average Bonchev–Trinajstić information content (AvgIpc) is 3.21. The van der Waals surface area contributed by atoms with Gasteiger partial charge in [-0.15, -0.1) is 0 Å². The van der Waals surface area contributed by atoms with Crippen LogP contribution in [0.4, 0.5) is 10.5 Å². The number of hydrogen-bond donors (Lipinski definition) is 0. The minimum Gasteiger partial charge on any atom is -0.495 e. The van der Waals surface area contributed by atoms with Gasteiger partial charge in [-0.25, -0.2) is 9.79 Å². The molecular weight excluding hydrogens is 384 g/mol. The Morgan fingerprint density at radius 2 is 1.80 bits per heavy atom. The summed E-state index contributed by atoms with van der Waals surface area (Å²) >= 11 is 0. The number of aliphatic imine (C=N–C) groups is 1. The molecule has 0 aliphatic carbocycles. The van der Waals surface area contributed by atoms with Crippen molar-refractivity contribution in [1.29, 1.82) is 0 Å². The van der Waals surface area contributed by atoms with Gasteiger partial charge in [0.05, 0.1) is 19.1 Å². The number of anilines is 1. The molecule has 9 nitrogen and oxygen atoms in total. The highest BCUT2D eigenvalue weighted by Gasteiger charge is 2.48. The van der Waals surface area contributed by atoms with Crippen molar-refractivity contribution in [3.63, 3.8) is 0 Å². The molecule has 162 valence electrons. The first kappa shape index (κ1) is 20.5. The van der Waals surface area contributed by atoms with Crippen LogP contribution in [0.15, 0.2) is 29.3 Å². The van der Waals surface area contributed by atoms with E-state index in [2.05, 4.69) is 20.9 Å². The van der Waals surface area contributed by atoms with Gasteiger partial charge in [0.2, 0.25) is 0 Å². The molecule has 0 bridgehead atoms. The van der Waals surface area contributed by atoms with Crippen LogP contribution in [0.3, 0.4) is 0 Å². The highest BCUT2D eigenvalue weighted by atomic mass is 16.5. The molecule has 0 aromatic heterocycles. The second-order valence-corrected chi connectivity index (χ2v) is 8.01. The third kappa shape index (κ3) is 3.69. The number of ether oxygens (including phenoxy) is 1. The smallest absolute Gasteiger partial charge is 0.328 e. The van der Waals surface area contributed by atoms with Crippen molar-refractivity contribution in [3.05, 3.63) is 24.3 Å². The molecule has 4 rings (SSSR count). The third-order valence-corrected chi connectivity index (χ3v) is 6.27. The van der Waals surface area contributed by atoms with Gasteiger partial charge < -0.3 is 19.4 Å². The highest BCUT2D eigenvalue weighted by molar-refractivity contribution is 6.01. The zero-order valence-corrected chi connectivity index (χ0v) is 17.9. The summed E-state index contributed by atoms with van der Waals surface area (Å²) in [4.78, 5) is 38.6. The van der Waals surface area contributed by atoms with Gasteiger partial charge >= 0.3 is 6.03 Å². The van der Waals surface area contributed by atoms with E-state index in [1.165, 1.54) is 11.9 Å². The number of benzene rings is 1. The van der Waals surface area contributed by atoms with Crippen molar-refractivity contribution in [2.45, 2.75) is 18.6 Å². The molecule has 1 aromatic carbocycles. The number of imide groups is 1. The summed E-state index contributed by atoms with van der Waals surface area (Å²) in [6.45, 7) is 5.65. The number of likely N-dealkylation sites (N-methyl/N-ethyl adjacent to an activating group) is 2. The fourth-order valence-corrected chi connectivity index (χ4v) is 4.48. The molecule has 1 aromatic rings. The zero-order valence-electron chi connectivity index (χ0n) is 17.9. The molecule has 2 unspecified atom stereocenters. The van der Waals surface area contributed by atoms with Gasteiger partial charge in [-0.3, -0.25) is 14.6 Å². The Labute approximate surface area is 177 Å². The van der Waals surface area contributed by atoms with Crippen LogP contribution in [0.1, 0.15) is 6.42 Å². The summed E-state index contributed by atoms with van der Waals surface area (Å²) in [7, 11) is 4.95. The van der Waals surface area contributed by atoms with Gasteiger partial charge in [-0.05, 0) is 25.1 Å². The van der Waals surface area contributed by atoms with E-state index in [-0.39, 0.29) is 11.9 Å². The Kier molecular flexibility index (Phi) is 5.80. The van der Waals surface area contributed by atoms with Crippen molar-refractivity contribution in [2.75, 3.05) is 65.4 Å². The number of hydrogen-bond acceptors (Lipinski definition) is 7. The van der Waals surface area contributed by atoms with Gasteiger partial charge in [0, 0.05) is 46.8 Å². The monoisotopic (exact) mass is 414 g/mol. The Morgan fingerprint density at radius 1 is 1.07 bits per heavy atom. The number of carbonyl (C=O) groups excluding carboxylic acids is 2. The van der Waals surface area contributed by atoms with Gasteiger partial charge in [0.1, 0.15) is 5.75 Å². The second kappa shape index (κ2) is 8.51. The van der Waals surface area contributed by atoms with Crippen molar-refractivity contribution in [1.82, 2.24) is 19.6 Å². The molecule has 0 spiro atoms. The van der Waals surface area contributed by atoms with Gasteiger partial charge in [-0.2, -0.15) is 0 Å². The molecule has 30 heavy (non-hydrogen) atoms. The van der Waals surface area contributed by atoms with Crippen LogP contribution >= 0.6 is 0 Å². The maximum absolute atomic E-state index is 12.6. The topological polar surface area (TPSA) is 71.9 Å². The van der Waals surface area contributed by atoms with Crippen molar-refractivity contribution in [2.24, 2.45) is 4.99 Å². The maximum atomic E-state index is 12.6. The first-order chi connectivity index (χ1) is 14.5. The average molecular weight is 415 g/mol. The van der Waals surface area contributed by atoms with Crippen LogP contribution in [-0.4, -0.2) is 111 Å². The summed E-state index contributed by atoms with van der Waals surface area (Å²) in [5.41, 5.74) is 1.15. The molecule has 2 saturated heterocycles. The van der Waals surface area contributed by atoms with Gasteiger partial charge in [0.15, 0.2) is 12.2 Å². The number of piperazine rings is 1. The standard InChI is InChI=1S/C21H30N6O3/c1-23-19-18(20(28)24(2)21(23)29)27(15-22-19)10-6-9-25-11-13-26(14-12-25)16-7-4-5-8-17(16)30-3/h4-5,7-8,15,18-19H,6,9-14H2,1-3H3. The zero-order chi connectivity index (χ0) is 21.3. The maximum Gasteiger partial charge on any atom is 0.328 e. The lowest BCUT2D eigenvalue weighted by Gasteiger charge is -2.40. The molecule has 3 heterocycles. The van der Waals surface area contributed by atoms with Crippen molar-refractivity contribution < 1.29 is 14.3 Å². The molecule has 2 atom stereocenters. The lowest BCUT2D eigenvalue weighted by Crippen LogP contribution is -2.63. The number of urea groups is 1. The predicted molar refractivity (Wildman–Crippen MR) is 115 cm³/mol. The van der Waals surface area contributed by atoms with Crippen LogP contribution < -0.4 is 9.64 Å². The molecule has 2 fully saturated rings. The quantitative estimate of drug-likeness (QED) is 0.685. The third-order valence-electron chi connectivity index (χ3n) is 6.27. The van der Waals surface area contributed by atoms with E-state index >= 15 is 0 Å².